The van der Waals surface area contributed by atoms with Gasteiger partial charge in [-0.15, -0.1) is 11.3 Å². The Morgan fingerprint density at radius 2 is 1.88 bits per heavy atom. The van der Waals surface area contributed by atoms with Gasteiger partial charge in [-0.3, -0.25) is 19.9 Å². The summed E-state index contributed by atoms with van der Waals surface area (Å²) in [5.41, 5.74) is 2.63. The van der Waals surface area contributed by atoms with Gasteiger partial charge in [0, 0.05) is 50.1 Å². The molecule has 6 aromatic rings. The van der Waals surface area contributed by atoms with E-state index in [9.17, 15) is 18.4 Å². The van der Waals surface area contributed by atoms with Crippen LogP contribution in [0.3, 0.4) is 0 Å². The predicted octanol–water partition coefficient (Wildman–Crippen LogP) is 6.51. The fourth-order valence-corrected chi connectivity index (χ4v) is 5.44. The van der Waals surface area contributed by atoms with Gasteiger partial charge in [0.1, 0.15) is 0 Å². The standard InChI is InChI=1S/C31H24F2N6O3S/c1-18-35-17-26(42-18)27-10-11-28(43-27)29(40)37-31-36-24-16-21(38(2)30(41)19-6-8-22(32)23(33)15-19)7-9-25(24)39(31)14-12-20-5-3-4-13-34-20/h3-11,13,15-17H,12,14H2,1-2H3,(H,36,37,40). The van der Waals surface area contributed by atoms with E-state index in [1.807, 2.05) is 22.8 Å². The maximum absolute atomic E-state index is 13.8. The van der Waals surface area contributed by atoms with Crippen molar-refractivity contribution in [1.82, 2.24) is 19.5 Å². The molecular formula is C31H24F2N6O3S. The van der Waals surface area contributed by atoms with Gasteiger partial charge >= 0.3 is 0 Å². The van der Waals surface area contributed by atoms with Gasteiger partial charge in [-0.05, 0) is 60.7 Å². The van der Waals surface area contributed by atoms with Crippen molar-refractivity contribution in [2.75, 3.05) is 17.3 Å². The lowest BCUT2D eigenvalue weighted by Crippen LogP contribution is -2.26. The zero-order chi connectivity index (χ0) is 30.1. The Balaban J connectivity index is 1.31. The summed E-state index contributed by atoms with van der Waals surface area (Å²) in [7, 11) is 1.54. The number of thiophene rings is 1. The Morgan fingerprint density at radius 1 is 1.02 bits per heavy atom. The van der Waals surface area contributed by atoms with Crippen LogP contribution in [0.2, 0.25) is 0 Å². The van der Waals surface area contributed by atoms with Gasteiger partial charge in [0.05, 0.1) is 27.0 Å². The van der Waals surface area contributed by atoms with Gasteiger partial charge in [0.25, 0.3) is 11.8 Å². The fraction of sp³-hybridized carbons (Fsp3) is 0.129. The third kappa shape index (κ3) is 5.77. The number of amides is 2. The highest BCUT2D eigenvalue weighted by Gasteiger charge is 2.20. The second-order valence-electron chi connectivity index (χ2n) is 9.69. The Bertz CT molecular complexity index is 1970. The van der Waals surface area contributed by atoms with Gasteiger partial charge in [-0.2, -0.15) is 0 Å². The first-order valence-corrected chi connectivity index (χ1v) is 14.1. The number of nitrogens with zero attached hydrogens (tertiary/aromatic N) is 5. The Labute approximate surface area is 248 Å². The van der Waals surface area contributed by atoms with Crippen LogP contribution < -0.4 is 10.2 Å². The molecule has 2 aromatic carbocycles. The predicted molar refractivity (Wildman–Crippen MR) is 159 cm³/mol. The van der Waals surface area contributed by atoms with Crippen molar-refractivity contribution >= 4 is 45.8 Å². The van der Waals surface area contributed by atoms with E-state index in [0.717, 1.165) is 28.2 Å². The van der Waals surface area contributed by atoms with Crippen LogP contribution in [0.4, 0.5) is 20.4 Å². The number of aromatic nitrogens is 4. The van der Waals surface area contributed by atoms with E-state index in [2.05, 4.69) is 15.3 Å². The highest BCUT2D eigenvalue weighted by Crippen LogP contribution is 2.30. The largest absolute Gasteiger partial charge is 0.440 e. The normalized spacial score (nSPS) is 11.2. The van der Waals surface area contributed by atoms with E-state index in [1.54, 1.807) is 49.6 Å². The number of aryl methyl sites for hydroxylation is 3. The number of nitrogens with one attached hydrogen (secondary N) is 1. The molecule has 9 nitrogen and oxygen atoms in total. The van der Waals surface area contributed by atoms with Gasteiger partial charge in [0.2, 0.25) is 5.95 Å². The summed E-state index contributed by atoms with van der Waals surface area (Å²) in [6.45, 7) is 2.22. The van der Waals surface area contributed by atoms with E-state index >= 15 is 0 Å². The minimum atomic E-state index is -1.10. The molecule has 0 aliphatic rings. The van der Waals surface area contributed by atoms with Crippen molar-refractivity contribution in [2.45, 2.75) is 19.9 Å². The molecule has 2 amide bonds. The molecule has 4 heterocycles. The molecule has 0 saturated carbocycles. The van der Waals surface area contributed by atoms with E-state index in [4.69, 9.17) is 9.40 Å². The number of carbonyl (C=O) groups excluding carboxylic acids is 2. The molecule has 43 heavy (non-hydrogen) atoms. The first kappa shape index (κ1) is 27.9. The van der Waals surface area contributed by atoms with E-state index in [0.29, 0.717) is 46.6 Å². The average molecular weight is 599 g/mol. The van der Waals surface area contributed by atoms with Crippen LogP contribution in [0.5, 0.6) is 0 Å². The van der Waals surface area contributed by atoms with Gasteiger partial charge in [-0.1, -0.05) is 6.07 Å². The highest BCUT2D eigenvalue weighted by molar-refractivity contribution is 7.17. The minimum Gasteiger partial charge on any atom is -0.440 e. The number of hydrogen-bond donors (Lipinski definition) is 1. The summed E-state index contributed by atoms with van der Waals surface area (Å²) < 4.78 is 34.6. The molecule has 0 radical (unpaired) electrons. The smallest absolute Gasteiger partial charge is 0.268 e. The Kier molecular flexibility index (Phi) is 7.51. The second kappa shape index (κ2) is 11.6. The summed E-state index contributed by atoms with van der Waals surface area (Å²) in [6.07, 6.45) is 3.92. The summed E-state index contributed by atoms with van der Waals surface area (Å²) in [6, 6.07) is 17.4. The molecule has 216 valence electrons. The molecule has 0 bridgehead atoms. The van der Waals surface area contributed by atoms with Crippen LogP contribution in [0, 0.1) is 18.6 Å². The number of pyridine rings is 1. The molecule has 12 heteroatoms. The molecule has 0 spiro atoms. The van der Waals surface area contributed by atoms with Crippen molar-refractivity contribution in [3.63, 3.8) is 0 Å². The van der Waals surface area contributed by atoms with Crippen LogP contribution in [-0.4, -0.2) is 38.4 Å². The average Bonchev–Trinajstić information content (AvgIpc) is 3.75. The van der Waals surface area contributed by atoms with E-state index < -0.39 is 17.5 Å². The lowest BCUT2D eigenvalue weighted by atomic mass is 10.1. The van der Waals surface area contributed by atoms with Crippen molar-refractivity contribution in [2.24, 2.45) is 0 Å². The molecule has 0 saturated heterocycles. The molecule has 0 unspecified atom stereocenters. The summed E-state index contributed by atoms with van der Waals surface area (Å²) in [4.78, 5) is 42.1. The van der Waals surface area contributed by atoms with Crippen LogP contribution in [0.1, 0.15) is 31.6 Å². The Morgan fingerprint density at radius 3 is 2.63 bits per heavy atom. The molecule has 0 atom stereocenters. The van der Waals surface area contributed by atoms with Crippen LogP contribution >= 0.6 is 11.3 Å². The number of fused-ring (bicyclic) bond motifs is 1. The van der Waals surface area contributed by atoms with Crippen LogP contribution in [0.25, 0.3) is 21.7 Å². The zero-order valence-corrected chi connectivity index (χ0v) is 23.9. The molecule has 6 rings (SSSR count). The van der Waals surface area contributed by atoms with Crippen molar-refractivity contribution in [3.8, 4) is 10.6 Å². The monoisotopic (exact) mass is 598 g/mol. The number of oxazole rings is 1. The lowest BCUT2D eigenvalue weighted by Gasteiger charge is -2.17. The van der Waals surface area contributed by atoms with Gasteiger partial charge in [0.15, 0.2) is 23.3 Å². The highest BCUT2D eigenvalue weighted by atomic mass is 32.1. The molecule has 0 fully saturated rings. The third-order valence-corrected chi connectivity index (χ3v) is 7.93. The van der Waals surface area contributed by atoms with Crippen molar-refractivity contribution < 1.29 is 22.8 Å². The van der Waals surface area contributed by atoms with Crippen LogP contribution in [0.15, 0.2) is 83.5 Å². The summed E-state index contributed by atoms with van der Waals surface area (Å²) >= 11 is 1.27. The summed E-state index contributed by atoms with van der Waals surface area (Å²) in [5, 5.41) is 2.93. The fourth-order valence-electron chi connectivity index (χ4n) is 4.59. The second-order valence-corrected chi connectivity index (χ2v) is 10.8. The zero-order valence-electron chi connectivity index (χ0n) is 23.0. The van der Waals surface area contributed by atoms with Gasteiger partial charge < -0.3 is 13.9 Å². The number of carbonyl (C=O) groups is 2. The maximum atomic E-state index is 13.8. The van der Waals surface area contributed by atoms with Gasteiger partial charge in [-0.25, -0.2) is 18.7 Å². The topological polar surface area (TPSA) is 106 Å². The minimum absolute atomic E-state index is 0.00569. The first-order valence-electron chi connectivity index (χ1n) is 13.2. The lowest BCUT2D eigenvalue weighted by molar-refractivity contribution is 0.0990. The molecule has 4 aromatic heterocycles. The Hall–Kier alpha value is -5.23. The quantitative estimate of drug-likeness (QED) is 0.214. The number of benzene rings is 2. The number of rotatable bonds is 8. The maximum Gasteiger partial charge on any atom is 0.268 e. The van der Waals surface area contributed by atoms with Crippen LogP contribution in [-0.2, 0) is 13.0 Å². The van der Waals surface area contributed by atoms with Crippen molar-refractivity contribution in [3.05, 3.63) is 113 Å². The number of halogens is 2. The van der Waals surface area contributed by atoms with Crippen molar-refractivity contribution in [1.29, 1.82) is 0 Å². The van der Waals surface area contributed by atoms with E-state index in [1.165, 1.54) is 29.4 Å². The third-order valence-electron chi connectivity index (χ3n) is 6.83. The molecule has 0 aliphatic heterocycles. The molecular weight excluding hydrogens is 574 g/mol. The number of anilines is 2. The van der Waals surface area contributed by atoms with E-state index in [-0.39, 0.29) is 11.5 Å². The molecule has 1 N–H and O–H groups in total. The summed E-state index contributed by atoms with van der Waals surface area (Å²) in [5.74, 6) is -1.54. The molecule has 0 aliphatic carbocycles. The SMILES string of the molecule is Cc1ncc(-c2ccc(C(=O)Nc3nc4cc(N(C)C(=O)c5ccc(F)c(F)c5)ccc4n3CCc3ccccn3)s2)o1. The first-order chi connectivity index (χ1) is 20.8. The number of hydrogen-bond acceptors (Lipinski definition) is 7. The number of imidazole rings is 1.